The summed E-state index contributed by atoms with van der Waals surface area (Å²) in [5.74, 6) is 0.475. The Morgan fingerprint density at radius 1 is 1.23 bits per heavy atom. The molecule has 2 rings (SSSR count). The van der Waals surface area contributed by atoms with Crippen LogP contribution in [0.25, 0.3) is 0 Å². The van der Waals surface area contributed by atoms with E-state index < -0.39 is 0 Å². The van der Waals surface area contributed by atoms with E-state index in [2.05, 4.69) is 5.32 Å². The van der Waals surface area contributed by atoms with Gasteiger partial charge in [0, 0.05) is 39.1 Å². The van der Waals surface area contributed by atoms with Gasteiger partial charge in [-0.3, -0.25) is 19.3 Å². The smallest absolute Gasteiger partial charge is 0.239 e. The van der Waals surface area contributed by atoms with Gasteiger partial charge in [-0.15, -0.1) is 0 Å². The Bertz CT molecular complexity index is 607. The largest absolute Gasteiger partial charge is 0.467 e. The molecule has 3 amide bonds. The van der Waals surface area contributed by atoms with Crippen molar-refractivity contribution in [2.24, 2.45) is 5.92 Å². The van der Waals surface area contributed by atoms with Gasteiger partial charge in [0.25, 0.3) is 0 Å². The molecule has 0 saturated carbocycles. The maximum Gasteiger partial charge on any atom is 0.239 e. The lowest BCUT2D eigenvalue weighted by molar-refractivity contribution is -0.138. The maximum absolute atomic E-state index is 12.3. The van der Waals surface area contributed by atoms with Crippen LogP contribution in [0.4, 0.5) is 0 Å². The maximum atomic E-state index is 12.3. The topological polar surface area (TPSA) is 86.1 Å². The van der Waals surface area contributed by atoms with Crippen molar-refractivity contribution in [2.75, 3.05) is 46.3 Å². The summed E-state index contributed by atoms with van der Waals surface area (Å²) in [6.07, 6.45) is 1.55. The number of rotatable bonds is 7. The molecule has 1 aliphatic rings. The molecule has 1 N–H and O–H groups in total. The summed E-state index contributed by atoms with van der Waals surface area (Å²) in [5.41, 5.74) is 0. The lowest BCUT2D eigenvalue weighted by Gasteiger charge is -2.35. The van der Waals surface area contributed by atoms with Gasteiger partial charge in [0.2, 0.25) is 17.7 Å². The normalized spacial score (nSPS) is 15.2. The van der Waals surface area contributed by atoms with Gasteiger partial charge in [0.1, 0.15) is 5.76 Å². The number of hydrogen-bond acceptors (Lipinski definition) is 5. The van der Waals surface area contributed by atoms with E-state index in [0.717, 1.165) is 0 Å². The molecule has 8 nitrogen and oxygen atoms in total. The average Bonchev–Trinajstić information content (AvgIpc) is 3.13. The molecular formula is C18H28N4O4. The summed E-state index contributed by atoms with van der Waals surface area (Å²) >= 11 is 0. The molecule has 0 bridgehead atoms. The van der Waals surface area contributed by atoms with E-state index in [9.17, 15) is 14.4 Å². The van der Waals surface area contributed by atoms with Gasteiger partial charge in [-0.2, -0.15) is 0 Å². The molecule has 0 unspecified atom stereocenters. The van der Waals surface area contributed by atoms with E-state index >= 15 is 0 Å². The number of furan rings is 1. The van der Waals surface area contributed by atoms with E-state index in [4.69, 9.17) is 4.42 Å². The zero-order valence-electron chi connectivity index (χ0n) is 15.7. The Balaban J connectivity index is 1.68. The lowest BCUT2D eigenvalue weighted by Crippen LogP contribution is -2.52. The lowest BCUT2D eigenvalue weighted by atomic mass is 10.1. The first-order valence-electron chi connectivity index (χ1n) is 8.91. The van der Waals surface area contributed by atoms with Crippen molar-refractivity contribution in [1.29, 1.82) is 0 Å². The van der Waals surface area contributed by atoms with E-state index in [0.29, 0.717) is 38.5 Å². The number of carbonyl (C=O) groups is 3. The molecule has 1 aromatic heterocycles. The Hall–Kier alpha value is -2.35. The van der Waals surface area contributed by atoms with Crippen LogP contribution < -0.4 is 5.32 Å². The minimum Gasteiger partial charge on any atom is -0.467 e. The highest BCUT2D eigenvalue weighted by molar-refractivity contribution is 5.85. The number of nitrogens with zero attached hydrogens (tertiary/aromatic N) is 3. The molecule has 0 aliphatic carbocycles. The first-order valence-corrected chi connectivity index (χ1v) is 8.91. The van der Waals surface area contributed by atoms with Gasteiger partial charge >= 0.3 is 0 Å². The molecular weight excluding hydrogens is 336 g/mol. The fourth-order valence-electron chi connectivity index (χ4n) is 2.76. The van der Waals surface area contributed by atoms with Gasteiger partial charge in [-0.05, 0) is 12.1 Å². The van der Waals surface area contributed by atoms with Crippen molar-refractivity contribution >= 4 is 17.7 Å². The minimum atomic E-state index is -0.232. The van der Waals surface area contributed by atoms with Crippen LogP contribution in [0.5, 0.6) is 0 Å². The van der Waals surface area contributed by atoms with Crippen molar-refractivity contribution in [3.05, 3.63) is 24.2 Å². The Kier molecular flexibility index (Phi) is 7.20. The van der Waals surface area contributed by atoms with Gasteiger partial charge in [-0.25, -0.2) is 0 Å². The van der Waals surface area contributed by atoms with Gasteiger partial charge in [-0.1, -0.05) is 13.8 Å². The van der Waals surface area contributed by atoms with Crippen molar-refractivity contribution in [3.63, 3.8) is 0 Å². The van der Waals surface area contributed by atoms with Crippen molar-refractivity contribution in [1.82, 2.24) is 20.0 Å². The second kappa shape index (κ2) is 9.38. The van der Waals surface area contributed by atoms with Crippen LogP contribution in [-0.4, -0.2) is 78.7 Å². The summed E-state index contributed by atoms with van der Waals surface area (Å²) in [6, 6.07) is 3.53. The zero-order chi connectivity index (χ0) is 19.1. The van der Waals surface area contributed by atoms with Gasteiger partial charge < -0.3 is 19.5 Å². The zero-order valence-corrected chi connectivity index (χ0v) is 15.7. The molecule has 8 heteroatoms. The summed E-state index contributed by atoms with van der Waals surface area (Å²) < 4.78 is 5.15. The molecule has 1 saturated heterocycles. The first kappa shape index (κ1) is 20.0. The molecule has 1 aromatic rings. The molecule has 0 aromatic carbocycles. The van der Waals surface area contributed by atoms with Gasteiger partial charge in [0.15, 0.2) is 0 Å². The fourth-order valence-corrected chi connectivity index (χ4v) is 2.76. The van der Waals surface area contributed by atoms with E-state index in [1.807, 2.05) is 23.6 Å². The molecule has 0 radical (unpaired) electrons. The quantitative estimate of drug-likeness (QED) is 0.745. The highest BCUT2D eigenvalue weighted by Gasteiger charge is 2.24. The third kappa shape index (κ3) is 5.87. The van der Waals surface area contributed by atoms with Crippen molar-refractivity contribution < 1.29 is 18.8 Å². The van der Waals surface area contributed by atoms with Crippen LogP contribution >= 0.6 is 0 Å². The first-order chi connectivity index (χ1) is 12.4. The van der Waals surface area contributed by atoms with Crippen LogP contribution in [0, 0.1) is 5.92 Å². The Morgan fingerprint density at radius 3 is 2.50 bits per heavy atom. The molecule has 1 fully saturated rings. The number of piperazine rings is 1. The highest BCUT2D eigenvalue weighted by Crippen LogP contribution is 2.07. The standard InChI is InChI=1S/C18H28N4O4/c1-14(2)18(25)22-8-6-21(7-9-22)13-17(24)20(3)12-16(23)19-11-15-5-4-10-26-15/h4-5,10,14H,6-9,11-13H2,1-3H3,(H,19,23). The summed E-state index contributed by atoms with van der Waals surface area (Å²) in [4.78, 5) is 41.5. The third-order valence-corrected chi connectivity index (χ3v) is 4.38. The second-order valence-electron chi connectivity index (χ2n) is 6.86. The summed E-state index contributed by atoms with van der Waals surface area (Å²) in [6.45, 7) is 6.96. The Labute approximate surface area is 154 Å². The van der Waals surface area contributed by atoms with Crippen LogP contribution in [0.15, 0.2) is 22.8 Å². The van der Waals surface area contributed by atoms with E-state index in [-0.39, 0.29) is 36.7 Å². The molecule has 0 spiro atoms. The summed E-state index contributed by atoms with van der Waals surface area (Å²) in [5, 5.41) is 2.72. The monoisotopic (exact) mass is 364 g/mol. The number of amides is 3. The number of nitrogens with one attached hydrogen (secondary N) is 1. The van der Waals surface area contributed by atoms with Crippen molar-refractivity contribution in [2.45, 2.75) is 20.4 Å². The highest BCUT2D eigenvalue weighted by atomic mass is 16.3. The second-order valence-corrected chi connectivity index (χ2v) is 6.86. The minimum absolute atomic E-state index is 0.00530. The van der Waals surface area contributed by atoms with Gasteiger partial charge in [0.05, 0.1) is 25.9 Å². The number of hydrogen-bond donors (Lipinski definition) is 1. The van der Waals surface area contributed by atoms with Crippen LogP contribution in [0.2, 0.25) is 0 Å². The predicted molar refractivity (Wildman–Crippen MR) is 96.0 cm³/mol. The van der Waals surface area contributed by atoms with Crippen LogP contribution in [-0.2, 0) is 20.9 Å². The molecule has 2 heterocycles. The average molecular weight is 364 g/mol. The van der Waals surface area contributed by atoms with E-state index in [1.54, 1.807) is 25.4 Å². The molecule has 144 valence electrons. The number of carbonyl (C=O) groups excluding carboxylic acids is 3. The van der Waals surface area contributed by atoms with Crippen molar-refractivity contribution in [3.8, 4) is 0 Å². The third-order valence-electron chi connectivity index (χ3n) is 4.38. The van der Waals surface area contributed by atoms with E-state index in [1.165, 1.54) is 4.90 Å². The molecule has 1 aliphatic heterocycles. The fraction of sp³-hybridized carbons (Fsp3) is 0.611. The predicted octanol–water partition coefficient (Wildman–Crippen LogP) is 0.154. The SMILES string of the molecule is CC(C)C(=O)N1CCN(CC(=O)N(C)CC(=O)NCc2ccco2)CC1. The van der Waals surface area contributed by atoms with Crippen LogP contribution in [0.3, 0.4) is 0 Å². The number of likely N-dealkylation sites (N-methyl/N-ethyl adjacent to an activating group) is 1. The Morgan fingerprint density at radius 2 is 1.92 bits per heavy atom. The molecule has 26 heavy (non-hydrogen) atoms. The summed E-state index contributed by atoms with van der Waals surface area (Å²) in [7, 11) is 1.62. The molecule has 0 atom stereocenters. The van der Waals surface area contributed by atoms with Crippen LogP contribution in [0.1, 0.15) is 19.6 Å².